The fourth-order valence-corrected chi connectivity index (χ4v) is 4.26. The van der Waals surface area contributed by atoms with Crippen molar-refractivity contribution in [3.05, 3.63) is 36.8 Å². The number of aromatic nitrogens is 6. The van der Waals surface area contributed by atoms with Crippen LogP contribution in [0.15, 0.2) is 36.8 Å². The van der Waals surface area contributed by atoms with Gasteiger partial charge in [-0.25, -0.2) is 13.6 Å². The lowest BCUT2D eigenvalue weighted by Gasteiger charge is -2.33. The lowest BCUT2D eigenvalue weighted by Crippen LogP contribution is -2.36. The maximum absolute atomic E-state index is 12.7. The first-order valence-corrected chi connectivity index (χ1v) is 10.5. The van der Waals surface area contributed by atoms with Gasteiger partial charge in [0, 0.05) is 17.8 Å². The second-order valence-electron chi connectivity index (χ2n) is 8.40. The van der Waals surface area contributed by atoms with E-state index in [1.165, 1.54) is 10.9 Å². The van der Waals surface area contributed by atoms with Gasteiger partial charge in [-0.2, -0.15) is 4.98 Å². The van der Waals surface area contributed by atoms with Crippen LogP contribution in [0.25, 0.3) is 33.9 Å². The van der Waals surface area contributed by atoms with Gasteiger partial charge in [0.15, 0.2) is 0 Å². The van der Waals surface area contributed by atoms with Crippen molar-refractivity contribution >= 4 is 28.7 Å². The van der Waals surface area contributed by atoms with Gasteiger partial charge in [-0.15, -0.1) is 10.2 Å². The third-order valence-electron chi connectivity index (χ3n) is 6.05. The van der Waals surface area contributed by atoms with E-state index in [0.717, 1.165) is 42.3 Å². The molecule has 1 aliphatic rings. The minimum Gasteiger partial charge on any atom is -0.479 e. The Balaban J connectivity index is 1.51. The number of hydrogen-bond acceptors (Lipinski definition) is 7. The smallest absolute Gasteiger partial charge is 0.244 e. The average molecular weight is 437 g/mol. The molecule has 4 aromatic rings. The molecule has 3 aromatic heterocycles. The maximum Gasteiger partial charge on any atom is 0.244 e. The molecule has 1 fully saturated rings. The molecule has 5 rings (SSSR count). The third-order valence-corrected chi connectivity index (χ3v) is 6.05. The summed E-state index contributed by atoms with van der Waals surface area (Å²) in [6.07, 6.45) is 6.67. The third kappa shape index (κ3) is 3.66. The van der Waals surface area contributed by atoms with Crippen molar-refractivity contribution in [1.82, 2.24) is 29.6 Å². The van der Waals surface area contributed by atoms with Crippen LogP contribution in [-0.2, 0) is 0 Å². The molecule has 2 N–H and O–H groups in total. The standard InChI is InChI=1S/C22H24FN7O2/c1-22(31)8-5-15(6-9-22)24-21-25-20(32-2)19-16(7-11-30(19)27-21)14-3-4-17-18(13-14)29(12-10-23)28-26-17/h3-4,7,10-13,15,31H,5-6,8-9H2,1-2H3,(H,24,27)/b12-10+/t15-,22-. The Bertz CT molecular complexity index is 1300. The zero-order valence-corrected chi connectivity index (χ0v) is 17.9. The van der Waals surface area contributed by atoms with Gasteiger partial charge in [-0.3, -0.25) is 0 Å². The maximum atomic E-state index is 12.7. The number of methoxy groups -OCH3 is 1. The molecule has 0 saturated heterocycles. The van der Waals surface area contributed by atoms with Crippen LogP contribution in [0.5, 0.6) is 5.88 Å². The van der Waals surface area contributed by atoms with Crippen LogP contribution in [-0.4, -0.2) is 53.5 Å². The van der Waals surface area contributed by atoms with Gasteiger partial charge < -0.3 is 15.2 Å². The first kappa shape index (κ1) is 20.4. The fraction of sp³-hybridized carbons (Fsp3) is 0.364. The highest BCUT2D eigenvalue weighted by molar-refractivity contribution is 5.89. The Morgan fingerprint density at radius 3 is 2.84 bits per heavy atom. The Hall–Kier alpha value is -3.53. The largest absolute Gasteiger partial charge is 0.479 e. The van der Waals surface area contributed by atoms with Crippen LogP contribution in [0, 0.1) is 0 Å². The number of halogens is 1. The van der Waals surface area contributed by atoms with Gasteiger partial charge in [0.1, 0.15) is 17.4 Å². The fourth-order valence-electron chi connectivity index (χ4n) is 4.26. The van der Waals surface area contributed by atoms with Gasteiger partial charge >= 0.3 is 0 Å². The van der Waals surface area contributed by atoms with Crippen LogP contribution in [0.1, 0.15) is 32.6 Å². The quantitative estimate of drug-likeness (QED) is 0.491. The van der Waals surface area contributed by atoms with Crippen LogP contribution < -0.4 is 10.1 Å². The van der Waals surface area contributed by atoms with Crippen LogP contribution in [0.3, 0.4) is 0 Å². The van der Waals surface area contributed by atoms with Crippen molar-refractivity contribution in [2.45, 2.75) is 44.2 Å². The monoisotopic (exact) mass is 437 g/mol. The Morgan fingerprint density at radius 1 is 1.28 bits per heavy atom. The van der Waals surface area contributed by atoms with E-state index in [2.05, 4.69) is 25.7 Å². The minimum absolute atomic E-state index is 0.200. The molecule has 0 spiro atoms. The Labute approximate surface area is 183 Å². The first-order valence-electron chi connectivity index (χ1n) is 10.5. The molecule has 10 heteroatoms. The number of nitrogens with zero attached hydrogens (tertiary/aromatic N) is 6. The highest BCUT2D eigenvalue weighted by Crippen LogP contribution is 2.34. The Morgan fingerprint density at radius 2 is 2.09 bits per heavy atom. The lowest BCUT2D eigenvalue weighted by atomic mass is 9.84. The molecular weight excluding hydrogens is 413 g/mol. The van der Waals surface area contributed by atoms with Crippen molar-refractivity contribution < 1.29 is 14.2 Å². The van der Waals surface area contributed by atoms with Crippen LogP contribution >= 0.6 is 0 Å². The predicted octanol–water partition coefficient (Wildman–Crippen LogP) is 3.65. The van der Waals surface area contributed by atoms with Crippen molar-refractivity contribution in [1.29, 1.82) is 0 Å². The van der Waals surface area contributed by atoms with Gasteiger partial charge in [0.25, 0.3) is 0 Å². The summed E-state index contributed by atoms with van der Waals surface area (Å²) in [6.45, 7) is 1.88. The number of ether oxygens (including phenoxy) is 1. The highest BCUT2D eigenvalue weighted by Gasteiger charge is 2.29. The number of hydrogen-bond donors (Lipinski definition) is 2. The van der Waals surface area contributed by atoms with Gasteiger partial charge in [-0.05, 0) is 56.4 Å². The summed E-state index contributed by atoms with van der Waals surface area (Å²) >= 11 is 0. The van der Waals surface area contributed by atoms with Gasteiger partial charge in [0.05, 0.1) is 24.4 Å². The number of rotatable bonds is 5. The van der Waals surface area contributed by atoms with E-state index in [4.69, 9.17) is 4.74 Å². The van der Waals surface area contributed by atoms with E-state index in [1.807, 2.05) is 37.4 Å². The van der Waals surface area contributed by atoms with Gasteiger partial charge in [-0.1, -0.05) is 11.3 Å². The summed E-state index contributed by atoms with van der Waals surface area (Å²) in [4.78, 5) is 4.59. The second-order valence-corrected chi connectivity index (χ2v) is 8.40. The molecule has 3 heterocycles. The van der Waals surface area contributed by atoms with Gasteiger partial charge in [0.2, 0.25) is 11.8 Å². The molecule has 0 aliphatic heterocycles. The number of fused-ring (bicyclic) bond motifs is 2. The van der Waals surface area contributed by atoms with E-state index in [0.29, 0.717) is 29.2 Å². The molecule has 9 nitrogen and oxygen atoms in total. The van der Waals surface area contributed by atoms with Crippen molar-refractivity contribution in [3.8, 4) is 17.0 Å². The van der Waals surface area contributed by atoms with E-state index in [-0.39, 0.29) is 6.04 Å². The summed E-state index contributed by atoms with van der Waals surface area (Å²) < 4.78 is 21.4. The zero-order chi connectivity index (χ0) is 22.3. The SMILES string of the molecule is COc1nc(N[C@H]2CC[C@](C)(O)CC2)nn2ccc(-c3ccc4nnn(/C=C/F)c4c3)c12. The van der Waals surface area contributed by atoms with Crippen molar-refractivity contribution in [3.63, 3.8) is 0 Å². The topological polar surface area (TPSA) is 102 Å². The summed E-state index contributed by atoms with van der Waals surface area (Å²) in [7, 11) is 1.58. The second kappa shape index (κ2) is 7.86. The minimum atomic E-state index is -0.595. The predicted molar refractivity (Wildman–Crippen MR) is 119 cm³/mol. The normalized spacial score (nSPS) is 21.6. The zero-order valence-electron chi connectivity index (χ0n) is 17.9. The molecule has 0 unspecified atom stereocenters. The molecule has 0 radical (unpaired) electrons. The summed E-state index contributed by atoms with van der Waals surface area (Å²) in [5, 5.41) is 26.2. The molecule has 166 valence electrons. The van der Waals surface area contributed by atoms with E-state index >= 15 is 0 Å². The molecule has 1 aromatic carbocycles. The van der Waals surface area contributed by atoms with E-state index < -0.39 is 5.60 Å². The number of anilines is 1. The molecule has 0 atom stereocenters. The molecule has 32 heavy (non-hydrogen) atoms. The van der Waals surface area contributed by atoms with Crippen LogP contribution in [0.2, 0.25) is 0 Å². The summed E-state index contributed by atoms with van der Waals surface area (Å²) in [5.41, 5.74) is 3.23. The molecule has 1 aliphatic carbocycles. The number of benzene rings is 1. The summed E-state index contributed by atoms with van der Waals surface area (Å²) in [5.74, 6) is 0.926. The number of nitrogens with one attached hydrogen (secondary N) is 1. The first-order chi connectivity index (χ1) is 15.5. The number of aliphatic hydroxyl groups is 1. The average Bonchev–Trinajstić information content (AvgIpc) is 3.39. The van der Waals surface area contributed by atoms with Crippen molar-refractivity contribution in [2.24, 2.45) is 0 Å². The van der Waals surface area contributed by atoms with Crippen molar-refractivity contribution in [2.75, 3.05) is 12.4 Å². The lowest BCUT2D eigenvalue weighted by molar-refractivity contribution is 0.0195. The molecule has 0 bridgehead atoms. The molecular formula is C22H24FN7O2. The van der Waals surface area contributed by atoms with E-state index in [1.54, 1.807) is 11.6 Å². The highest BCUT2D eigenvalue weighted by atomic mass is 19.1. The summed E-state index contributed by atoms with van der Waals surface area (Å²) in [6, 6.07) is 7.80. The van der Waals surface area contributed by atoms with E-state index in [9.17, 15) is 9.50 Å². The Kier molecular flexibility index (Phi) is 5.01. The molecule has 0 amide bonds. The van der Waals surface area contributed by atoms with Crippen LogP contribution in [0.4, 0.5) is 10.3 Å². The molecule has 1 saturated carbocycles.